The van der Waals surface area contributed by atoms with E-state index < -0.39 is 0 Å². The molecule has 10 nitrogen and oxygen atoms in total. The molecule has 3 aromatic rings. The molecule has 1 saturated heterocycles. The molecule has 2 heterocycles. The molecule has 34 heavy (non-hydrogen) atoms. The van der Waals surface area contributed by atoms with Gasteiger partial charge < -0.3 is 24.8 Å². The van der Waals surface area contributed by atoms with Crippen molar-refractivity contribution in [2.45, 2.75) is 6.92 Å². The highest BCUT2D eigenvalue weighted by Gasteiger charge is 2.17. The van der Waals surface area contributed by atoms with Crippen LogP contribution in [0.1, 0.15) is 11.1 Å². The number of anilines is 4. The molecule has 4 rings (SSSR count). The van der Waals surface area contributed by atoms with Crippen molar-refractivity contribution in [3.63, 3.8) is 0 Å². The number of rotatable bonds is 7. The summed E-state index contributed by atoms with van der Waals surface area (Å²) in [4.78, 5) is 15.5. The second-order valence-corrected chi connectivity index (χ2v) is 8.71. The first-order valence-electron chi connectivity index (χ1n) is 10.4. The Kier molecular flexibility index (Phi) is 7.66. The fraction of sp³-hybridized carbons (Fsp3) is 0.273. The van der Waals surface area contributed by atoms with Gasteiger partial charge in [-0.05, 0) is 36.8 Å². The Morgan fingerprint density at radius 2 is 1.94 bits per heavy atom. The van der Waals surface area contributed by atoms with Gasteiger partial charge in [0.05, 0.1) is 26.5 Å². The van der Waals surface area contributed by atoms with E-state index in [1.54, 1.807) is 12.1 Å². The zero-order valence-corrected chi connectivity index (χ0v) is 20.9. The molecule has 178 valence electrons. The molecule has 0 aliphatic carbocycles. The second kappa shape index (κ2) is 10.9. The first kappa shape index (κ1) is 24.0. The molecule has 1 aromatic heterocycles. The normalized spacial score (nSPS) is 13.8. The molecule has 0 unspecified atom stereocenters. The molecule has 0 atom stereocenters. The number of hydrazone groups is 1. The average molecular weight is 549 g/mol. The van der Waals surface area contributed by atoms with Crippen molar-refractivity contribution in [2.75, 3.05) is 49.1 Å². The highest BCUT2D eigenvalue weighted by molar-refractivity contribution is 9.10. The minimum absolute atomic E-state index is 0.0282. The van der Waals surface area contributed by atoms with Crippen LogP contribution >= 0.6 is 27.5 Å². The van der Waals surface area contributed by atoms with Crippen LogP contribution in [0.3, 0.4) is 0 Å². The van der Waals surface area contributed by atoms with Crippen molar-refractivity contribution in [3.8, 4) is 11.5 Å². The van der Waals surface area contributed by atoms with Crippen molar-refractivity contribution in [3.05, 3.63) is 51.0 Å². The first-order chi connectivity index (χ1) is 16.4. The number of hydrogen-bond donors (Lipinski definition) is 3. The Bertz CT molecular complexity index is 1210. The van der Waals surface area contributed by atoms with Crippen LogP contribution in [0.5, 0.6) is 11.5 Å². The van der Waals surface area contributed by atoms with Crippen LogP contribution in [-0.4, -0.2) is 59.7 Å². The quantitative estimate of drug-likeness (QED) is 0.293. The van der Waals surface area contributed by atoms with Gasteiger partial charge in [-0.3, -0.25) is 0 Å². The smallest absolute Gasteiger partial charge is 0.250 e. The van der Waals surface area contributed by atoms with Gasteiger partial charge >= 0.3 is 0 Å². The highest BCUT2D eigenvalue weighted by Crippen LogP contribution is 2.32. The topological polar surface area (TPSA) is 117 Å². The summed E-state index contributed by atoms with van der Waals surface area (Å²) in [7, 11) is 1.48. The van der Waals surface area contributed by atoms with Gasteiger partial charge in [-0.1, -0.05) is 33.6 Å². The number of hydrogen-bond acceptors (Lipinski definition) is 10. The summed E-state index contributed by atoms with van der Waals surface area (Å²) < 4.78 is 11.3. The van der Waals surface area contributed by atoms with Gasteiger partial charge in [0.25, 0.3) is 0 Å². The van der Waals surface area contributed by atoms with Gasteiger partial charge in [0, 0.05) is 33.8 Å². The maximum absolute atomic E-state index is 10.3. The zero-order chi connectivity index (χ0) is 24.1. The van der Waals surface area contributed by atoms with Crippen molar-refractivity contribution in [1.82, 2.24) is 15.0 Å². The van der Waals surface area contributed by atoms with E-state index in [0.717, 1.165) is 15.7 Å². The number of aryl methyl sites for hydroxylation is 1. The highest BCUT2D eigenvalue weighted by atomic mass is 79.9. The van der Waals surface area contributed by atoms with E-state index in [9.17, 15) is 5.11 Å². The fourth-order valence-corrected chi connectivity index (χ4v) is 3.82. The molecule has 1 aliphatic heterocycles. The van der Waals surface area contributed by atoms with Crippen molar-refractivity contribution < 1.29 is 14.6 Å². The molecule has 0 spiro atoms. The lowest BCUT2D eigenvalue weighted by atomic mass is 10.2. The minimum Gasteiger partial charge on any atom is -0.504 e. The summed E-state index contributed by atoms with van der Waals surface area (Å²) in [6.07, 6.45) is 1.45. The van der Waals surface area contributed by atoms with Crippen LogP contribution in [0.4, 0.5) is 23.5 Å². The van der Waals surface area contributed by atoms with E-state index >= 15 is 0 Å². The maximum atomic E-state index is 10.3. The first-order valence-corrected chi connectivity index (χ1v) is 11.6. The van der Waals surface area contributed by atoms with Gasteiger partial charge in [-0.25, -0.2) is 5.43 Å². The van der Waals surface area contributed by atoms with Gasteiger partial charge in [-0.2, -0.15) is 20.1 Å². The van der Waals surface area contributed by atoms with Gasteiger partial charge in [0.15, 0.2) is 11.5 Å². The number of phenolic OH excluding ortho intramolecular Hbond substituents is 1. The lowest BCUT2D eigenvalue weighted by Crippen LogP contribution is -2.37. The Balaban J connectivity index is 1.60. The standard InChI is InChI=1S/C22H23BrClN7O3/c1-13-3-4-16(11-17(13)24)26-20-27-21(29-22(28-20)31-5-7-34-8-6-31)30-25-12-14-9-15(23)10-18(33-2)19(14)32/h3-4,9-12,32H,5-8H2,1-2H3,(H2,26,27,28,29,30)/b25-12+. The monoisotopic (exact) mass is 547 g/mol. The molecular weight excluding hydrogens is 526 g/mol. The minimum atomic E-state index is -0.0282. The van der Waals surface area contributed by atoms with E-state index in [2.05, 4.69) is 46.7 Å². The summed E-state index contributed by atoms with van der Waals surface area (Å²) in [5.74, 6) is 1.35. The van der Waals surface area contributed by atoms with E-state index in [1.807, 2.05) is 30.0 Å². The number of halogens is 2. The van der Waals surface area contributed by atoms with Crippen LogP contribution in [0.15, 0.2) is 39.9 Å². The Labute approximate surface area is 210 Å². The number of aromatic nitrogens is 3. The lowest BCUT2D eigenvalue weighted by molar-refractivity contribution is 0.122. The number of methoxy groups -OCH3 is 1. The van der Waals surface area contributed by atoms with Crippen LogP contribution < -0.4 is 20.4 Å². The second-order valence-electron chi connectivity index (χ2n) is 7.39. The van der Waals surface area contributed by atoms with Crippen LogP contribution in [-0.2, 0) is 4.74 Å². The molecule has 2 aromatic carbocycles. The van der Waals surface area contributed by atoms with Crippen LogP contribution in [0, 0.1) is 6.92 Å². The third kappa shape index (κ3) is 5.85. The summed E-state index contributed by atoms with van der Waals surface area (Å²) in [6.45, 7) is 4.44. The number of benzene rings is 2. The summed E-state index contributed by atoms with van der Waals surface area (Å²) >= 11 is 9.65. The van der Waals surface area contributed by atoms with E-state index in [0.29, 0.717) is 54.5 Å². The van der Waals surface area contributed by atoms with E-state index in [-0.39, 0.29) is 11.7 Å². The molecule has 12 heteroatoms. The van der Waals surface area contributed by atoms with E-state index in [1.165, 1.54) is 13.3 Å². The third-order valence-electron chi connectivity index (χ3n) is 5.00. The number of morpholine rings is 1. The SMILES string of the molecule is COc1cc(Br)cc(/C=N/Nc2nc(Nc3ccc(C)c(Cl)c3)nc(N3CCOCC3)n2)c1O. The van der Waals surface area contributed by atoms with Crippen LogP contribution in [0.25, 0.3) is 0 Å². The molecule has 0 bridgehead atoms. The summed E-state index contributed by atoms with van der Waals surface area (Å²) in [5, 5.41) is 18.3. The Morgan fingerprint density at radius 1 is 1.18 bits per heavy atom. The zero-order valence-electron chi connectivity index (χ0n) is 18.5. The number of ether oxygens (including phenoxy) is 2. The van der Waals surface area contributed by atoms with Crippen molar-refractivity contribution in [2.24, 2.45) is 5.10 Å². The molecule has 3 N–H and O–H groups in total. The molecule has 0 amide bonds. The number of phenols is 1. The largest absolute Gasteiger partial charge is 0.504 e. The predicted octanol–water partition coefficient (Wildman–Crippen LogP) is 4.34. The molecule has 1 aliphatic rings. The predicted molar refractivity (Wildman–Crippen MR) is 136 cm³/mol. The summed E-state index contributed by atoms with van der Waals surface area (Å²) in [5.41, 5.74) is 4.99. The third-order valence-corrected chi connectivity index (χ3v) is 5.87. The van der Waals surface area contributed by atoms with Gasteiger partial charge in [0.1, 0.15) is 0 Å². The number of nitrogens with one attached hydrogen (secondary N) is 2. The summed E-state index contributed by atoms with van der Waals surface area (Å²) in [6, 6.07) is 8.99. The Morgan fingerprint density at radius 3 is 2.68 bits per heavy atom. The molecule has 1 fully saturated rings. The fourth-order valence-electron chi connectivity index (χ4n) is 3.18. The average Bonchev–Trinajstić information content (AvgIpc) is 2.84. The van der Waals surface area contributed by atoms with Crippen molar-refractivity contribution in [1.29, 1.82) is 0 Å². The van der Waals surface area contributed by atoms with Crippen molar-refractivity contribution >= 4 is 57.3 Å². The van der Waals surface area contributed by atoms with Crippen LogP contribution in [0.2, 0.25) is 5.02 Å². The van der Waals surface area contributed by atoms with Gasteiger partial charge in [-0.15, -0.1) is 0 Å². The lowest BCUT2D eigenvalue weighted by Gasteiger charge is -2.27. The number of aromatic hydroxyl groups is 1. The molecular formula is C22H23BrClN7O3. The maximum Gasteiger partial charge on any atom is 0.250 e. The Hall–Kier alpha value is -3.15. The molecule has 0 radical (unpaired) electrons. The molecule has 0 saturated carbocycles. The van der Waals surface area contributed by atoms with Gasteiger partial charge in [0.2, 0.25) is 17.8 Å². The van der Waals surface area contributed by atoms with E-state index in [4.69, 9.17) is 21.1 Å². The number of nitrogens with zero attached hydrogens (tertiary/aromatic N) is 5.